The maximum Gasteiger partial charge on any atom is 0.338 e. The van der Waals surface area contributed by atoms with Gasteiger partial charge in [0.25, 0.3) is 0 Å². The highest BCUT2D eigenvalue weighted by Crippen LogP contribution is 2.69. The SMILES string of the molecule is O=C(OCc1ccc(Cl)c(Cl)c1)c1ccc(N2C(=O)[C@@H]3[C@H](C2=O)C2(Cl)c4ccccc4C3(Cl)c3ccccc32)cc1. The van der Waals surface area contributed by atoms with E-state index in [0.29, 0.717) is 21.3 Å². The van der Waals surface area contributed by atoms with Crippen LogP contribution in [0.25, 0.3) is 0 Å². The lowest BCUT2D eigenvalue weighted by Crippen LogP contribution is -2.57. The van der Waals surface area contributed by atoms with Crippen LogP contribution >= 0.6 is 46.4 Å². The van der Waals surface area contributed by atoms with Gasteiger partial charge in [0.15, 0.2) is 0 Å². The van der Waals surface area contributed by atoms with Crippen LogP contribution < -0.4 is 4.90 Å². The molecule has 4 aromatic rings. The number of ether oxygens (including phenoxy) is 1. The first-order valence-corrected chi connectivity index (χ1v) is 14.3. The van der Waals surface area contributed by atoms with E-state index >= 15 is 0 Å². The molecule has 5 nitrogen and oxygen atoms in total. The van der Waals surface area contributed by atoms with Gasteiger partial charge in [-0.25, -0.2) is 9.69 Å². The van der Waals surface area contributed by atoms with Crippen molar-refractivity contribution in [1.82, 2.24) is 0 Å². The molecule has 8 rings (SSSR count). The monoisotopic (exact) mass is 621 g/mol. The summed E-state index contributed by atoms with van der Waals surface area (Å²) in [4.78, 5) is 39.5. The predicted molar refractivity (Wildman–Crippen MR) is 158 cm³/mol. The average Bonchev–Trinajstić information content (AvgIpc) is 3.27. The van der Waals surface area contributed by atoms with Crippen molar-refractivity contribution in [2.75, 3.05) is 4.90 Å². The number of carbonyl (C=O) groups is 3. The van der Waals surface area contributed by atoms with Crippen molar-refractivity contribution in [2.45, 2.75) is 16.4 Å². The molecule has 2 atom stereocenters. The summed E-state index contributed by atoms with van der Waals surface area (Å²) < 4.78 is 5.41. The molecule has 0 radical (unpaired) electrons. The lowest BCUT2D eigenvalue weighted by molar-refractivity contribution is -0.122. The summed E-state index contributed by atoms with van der Waals surface area (Å²) in [6.07, 6.45) is 0. The molecule has 0 N–H and O–H groups in total. The maximum absolute atomic E-state index is 14.1. The van der Waals surface area contributed by atoms with Crippen LogP contribution in [0.2, 0.25) is 10.0 Å². The van der Waals surface area contributed by atoms with Gasteiger partial charge < -0.3 is 4.74 Å². The van der Waals surface area contributed by atoms with E-state index in [1.165, 1.54) is 12.1 Å². The van der Waals surface area contributed by atoms with Crippen LogP contribution in [0.1, 0.15) is 38.2 Å². The van der Waals surface area contributed by atoms with Crippen molar-refractivity contribution in [1.29, 1.82) is 0 Å². The molecule has 0 unspecified atom stereocenters. The van der Waals surface area contributed by atoms with E-state index in [9.17, 15) is 14.4 Å². The summed E-state index contributed by atoms with van der Waals surface area (Å²) in [6, 6.07) is 26.1. The van der Waals surface area contributed by atoms with Gasteiger partial charge in [0.05, 0.1) is 33.1 Å². The third-order valence-corrected chi connectivity index (χ3v) is 10.3. The fraction of sp³-hybridized carbons (Fsp3) is 0.156. The number of alkyl halides is 2. The Morgan fingerprint density at radius 1 is 0.707 bits per heavy atom. The van der Waals surface area contributed by atoms with E-state index in [4.69, 9.17) is 51.1 Å². The second-order valence-electron chi connectivity index (χ2n) is 10.4. The lowest BCUT2D eigenvalue weighted by atomic mass is 9.54. The summed E-state index contributed by atoms with van der Waals surface area (Å²) in [5, 5.41) is 0.770. The Morgan fingerprint density at radius 2 is 1.20 bits per heavy atom. The fourth-order valence-electron chi connectivity index (χ4n) is 6.53. The highest BCUT2D eigenvalue weighted by molar-refractivity contribution is 6.42. The second-order valence-corrected chi connectivity index (χ2v) is 12.4. The average molecular weight is 623 g/mol. The number of hydrogen-bond acceptors (Lipinski definition) is 4. The summed E-state index contributed by atoms with van der Waals surface area (Å²) >= 11 is 26.9. The number of carbonyl (C=O) groups excluding carboxylic acids is 3. The Bertz CT molecular complexity index is 1670. The molecular weight excluding hydrogens is 604 g/mol. The topological polar surface area (TPSA) is 63.7 Å². The molecule has 204 valence electrons. The zero-order chi connectivity index (χ0) is 28.7. The Kier molecular flexibility index (Phi) is 6.04. The quantitative estimate of drug-likeness (QED) is 0.135. The molecule has 4 aromatic carbocycles. The van der Waals surface area contributed by atoms with E-state index in [2.05, 4.69) is 0 Å². The van der Waals surface area contributed by atoms with E-state index in [-0.39, 0.29) is 12.2 Å². The number of hydrogen-bond donors (Lipinski definition) is 0. The van der Waals surface area contributed by atoms with Gasteiger partial charge in [-0.15, -0.1) is 23.2 Å². The molecule has 1 fully saturated rings. The van der Waals surface area contributed by atoms with Gasteiger partial charge in [-0.05, 0) is 64.2 Å². The zero-order valence-electron chi connectivity index (χ0n) is 21.1. The summed E-state index contributed by atoms with van der Waals surface area (Å²) in [6.45, 7) is 0.000654. The van der Waals surface area contributed by atoms with Gasteiger partial charge in [-0.1, -0.05) is 77.8 Å². The van der Waals surface area contributed by atoms with Gasteiger partial charge in [-0.3, -0.25) is 9.59 Å². The third-order valence-electron chi connectivity index (χ3n) is 8.30. The van der Waals surface area contributed by atoms with Crippen molar-refractivity contribution < 1.29 is 19.1 Å². The Hall–Kier alpha value is -3.35. The number of anilines is 1. The Labute approximate surface area is 255 Å². The van der Waals surface area contributed by atoms with Crippen LogP contribution in [-0.4, -0.2) is 17.8 Å². The largest absolute Gasteiger partial charge is 0.457 e. The molecule has 2 amide bonds. The van der Waals surface area contributed by atoms with Crippen molar-refractivity contribution in [2.24, 2.45) is 11.8 Å². The first-order valence-electron chi connectivity index (χ1n) is 12.8. The number of imide groups is 1. The number of amides is 2. The van der Waals surface area contributed by atoms with Crippen LogP contribution in [0.3, 0.4) is 0 Å². The van der Waals surface area contributed by atoms with Crippen molar-refractivity contribution in [3.8, 4) is 0 Å². The molecule has 0 spiro atoms. The number of halogens is 4. The minimum Gasteiger partial charge on any atom is -0.457 e. The normalized spacial score (nSPS) is 25.5. The Morgan fingerprint density at radius 3 is 1.66 bits per heavy atom. The molecular formula is C32H19Cl4NO4. The van der Waals surface area contributed by atoms with Crippen molar-refractivity contribution >= 4 is 69.9 Å². The lowest BCUT2D eigenvalue weighted by Gasteiger charge is -2.54. The van der Waals surface area contributed by atoms with Crippen LogP contribution in [0.5, 0.6) is 0 Å². The minimum atomic E-state index is -1.26. The zero-order valence-corrected chi connectivity index (χ0v) is 24.1. The predicted octanol–water partition coefficient (Wildman–Crippen LogP) is 7.45. The molecule has 41 heavy (non-hydrogen) atoms. The molecule has 1 aliphatic heterocycles. The molecule has 4 aliphatic rings. The van der Waals surface area contributed by atoms with Crippen LogP contribution in [0.15, 0.2) is 91.0 Å². The molecule has 9 heteroatoms. The van der Waals surface area contributed by atoms with Crippen LogP contribution in [0, 0.1) is 11.8 Å². The highest BCUT2D eigenvalue weighted by Gasteiger charge is 2.73. The molecule has 0 saturated carbocycles. The van der Waals surface area contributed by atoms with Crippen molar-refractivity contribution in [3.63, 3.8) is 0 Å². The number of rotatable bonds is 4. The first-order chi connectivity index (χ1) is 19.7. The highest BCUT2D eigenvalue weighted by atomic mass is 35.5. The van der Waals surface area contributed by atoms with E-state index in [1.54, 1.807) is 30.3 Å². The number of nitrogens with zero attached hydrogens (tertiary/aromatic N) is 1. The number of esters is 1. The standard InChI is InChI=1S/C32H19Cl4NO4/c33-24-14-9-17(15-25(24)34)16-41-30(40)18-10-12-19(13-11-18)37-28(38)26-27(29(37)39)32(36)21-6-2-1-5-20(21)31(26,35)22-7-3-4-8-23(22)32/h1-15,26-27H,16H2/t26-,27+,31?,32?. The molecule has 0 aromatic heterocycles. The van der Waals surface area contributed by atoms with E-state index < -0.39 is 39.4 Å². The third kappa shape index (κ3) is 3.59. The van der Waals surface area contributed by atoms with E-state index in [1.807, 2.05) is 48.5 Å². The molecule has 1 heterocycles. The van der Waals surface area contributed by atoms with Gasteiger partial charge in [0, 0.05) is 0 Å². The first kappa shape index (κ1) is 26.5. The summed E-state index contributed by atoms with van der Waals surface area (Å²) in [5.74, 6) is -3.25. The van der Waals surface area contributed by atoms with E-state index in [0.717, 1.165) is 27.2 Å². The number of benzene rings is 4. The van der Waals surface area contributed by atoms with Crippen molar-refractivity contribution in [3.05, 3.63) is 134 Å². The second kappa shape index (κ2) is 9.33. The molecule has 3 aliphatic carbocycles. The molecule has 1 saturated heterocycles. The smallest absolute Gasteiger partial charge is 0.338 e. The van der Waals surface area contributed by atoms with Gasteiger partial charge in [0.1, 0.15) is 16.4 Å². The van der Waals surface area contributed by atoms with Gasteiger partial charge in [-0.2, -0.15) is 0 Å². The summed E-state index contributed by atoms with van der Waals surface area (Å²) in [5.41, 5.74) is 4.21. The Balaban J connectivity index is 1.21. The molecule has 2 bridgehead atoms. The maximum atomic E-state index is 14.1. The van der Waals surface area contributed by atoms with Gasteiger partial charge >= 0.3 is 5.97 Å². The van der Waals surface area contributed by atoms with Gasteiger partial charge in [0.2, 0.25) is 11.8 Å². The van der Waals surface area contributed by atoms with Crippen LogP contribution in [0.4, 0.5) is 5.69 Å². The fourth-order valence-corrected chi connectivity index (χ4v) is 7.95. The minimum absolute atomic E-state index is 0.000654. The van der Waals surface area contributed by atoms with Crippen LogP contribution in [-0.2, 0) is 30.7 Å². The summed E-state index contributed by atoms with van der Waals surface area (Å²) in [7, 11) is 0.